The number of benzene rings is 9. The monoisotopic (exact) mass is 668 g/mol. The lowest BCUT2D eigenvalue weighted by atomic mass is 9.83. The molecule has 242 valence electrons. The van der Waals surface area contributed by atoms with Crippen molar-refractivity contribution in [2.75, 3.05) is 0 Å². The molecule has 0 fully saturated rings. The van der Waals surface area contributed by atoms with Crippen molar-refractivity contribution in [2.24, 2.45) is 0 Å². The van der Waals surface area contributed by atoms with Gasteiger partial charge < -0.3 is 4.42 Å². The molecule has 0 aliphatic heterocycles. The standard InChI is InChI=1S/C49H36OSi/c1-51(2,3)45-30-29-34(33-18-6-7-19-35(33)45)41-27-28-43(48-42-24-12-13-26-44(42)50-49(41)48)47-39-22-10-8-20-37(39)46(38-21-9-11-23-40(38)47)36-25-14-16-31-15-4-5-17-32(31)36/h4-30H,1-3H3. The summed E-state index contributed by atoms with van der Waals surface area (Å²) in [5.74, 6) is 0. The third kappa shape index (κ3) is 4.53. The van der Waals surface area contributed by atoms with Gasteiger partial charge in [0.25, 0.3) is 0 Å². The molecule has 1 aromatic heterocycles. The van der Waals surface area contributed by atoms with Crippen LogP contribution in [0.25, 0.3) is 98.4 Å². The van der Waals surface area contributed by atoms with E-state index in [1.807, 2.05) is 0 Å². The molecule has 0 radical (unpaired) electrons. The molecule has 10 rings (SSSR count). The van der Waals surface area contributed by atoms with Gasteiger partial charge in [-0.3, -0.25) is 0 Å². The van der Waals surface area contributed by atoms with Crippen LogP contribution in [-0.4, -0.2) is 8.07 Å². The maximum atomic E-state index is 6.92. The zero-order valence-electron chi connectivity index (χ0n) is 29.0. The highest BCUT2D eigenvalue weighted by molar-refractivity contribution is 6.90. The first-order valence-electron chi connectivity index (χ1n) is 17.9. The third-order valence-corrected chi connectivity index (χ3v) is 12.9. The Bertz CT molecular complexity index is 2950. The van der Waals surface area contributed by atoms with Crippen LogP contribution >= 0.6 is 0 Å². The van der Waals surface area contributed by atoms with Crippen LogP contribution in [0.5, 0.6) is 0 Å². The highest BCUT2D eigenvalue weighted by Gasteiger charge is 2.25. The first-order valence-corrected chi connectivity index (χ1v) is 21.4. The first kappa shape index (κ1) is 29.9. The van der Waals surface area contributed by atoms with E-state index in [0.29, 0.717) is 0 Å². The molecule has 0 atom stereocenters. The fourth-order valence-corrected chi connectivity index (χ4v) is 10.2. The molecular weight excluding hydrogens is 633 g/mol. The minimum atomic E-state index is -1.58. The molecule has 0 unspecified atom stereocenters. The zero-order chi connectivity index (χ0) is 34.3. The largest absolute Gasteiger partial charge is 0.455 e. The second-order valence-electron chi connectivity index (χ2n) is 14.8. The van der Waals surface area contributed by atoms with E-state index in [9.17, 15) is 0 Å². The third-order valence-electron chi connectivity index (χ3n) is 10.8. The molecule has 10 aromatic rings. The summed E-state index contributed by atoms with van der Waals surface area (Å²) in [5.41, 5.74) is 9.16. The van der Waals surface area contributed by atoms with Crippen molar-refractivity contribution in [1.82, 2.24) is 0 Å². The molecule has 0 aliphatic rings. The van der Waals surface area contributed by atoms with Crippen molar-refractivity contribution in [3.8, 4) is 33.4 Å². The summed E-state index contributed by atoms with van der Waals surface area (Å²) in [5, 5.41) is 13.9. The highest BCUT2D eigenvalue weighted by Crippen LogP contribution is 2.49. The molecule has 0 amide bonds. The summed E-state index contributed by atoms with van der Waals surface area (Å²) in [6.45, 7) is 7.29. The maximum Gasteiger partial charge on any atom is 0.143 e. The Morgan fingerprint density at radius 1 is 0.353 bits per heavy atom. The summed E-state index contributed by atoms with van der Waals surface area (Å²) < 4.78 is 6.92. The number of hydrogen-bond donors (Lipinski definition) is 0. The Kier molecular flexibility index (Phi) is 6.62. The van der Waals surface area contributed by atoms with Crippen molar-refractivity contribution in [3.05, 3.63) is 164 Å². The Balaban J connectivity index is 1.33. The van der Waals surface area contributed by atoms with E-state index in [0.717, 1.165) is 27.5 Å². The fourth-order valence-electron chi connectivity index (χ4n) is 8.59. The summed E-state index contributed by atoms with van der Waals surface area (Å²) in [6, 6.07) is 60.1. The molecule has 0 bridgehead atoms. The highest BCUT2D eigenvalue weighted by atomic mass is 28.3. The quantitative estimate of drug-likeness (QED) is 0.134. The molecule has 51 heavy (non-hydrogen) atoms. The van der Waals surface area contributed by atoms with E-state index in [1.165, 1.54) is 76.1 Å². The van der Waals surface area contributed by atoms with Crippen LogP contribution in [-0.2, 0) is 0 Å². The number of furan rings is 1. The van der Waals surface area contributed by atoms with Crippen molar-refractivity contribution < 1.29 is 4.42 Å². The van der Waals surface area contributed by atoms with Crippen molar-refractivity contribution in [3.63, 3.8) is 0 Å². The van der Waals surface area contributed by atoms with E-state index in [2.05, 4.69) is 183 Å². The van der Waals surface area contributed by atoms with E-state index >= 15 is 0 Å². The van der Waals surface area contributed by atoms with Crippen LogP contribution in [0.2, 0.25) is 19.6 Å². The normalized spacial score (nSPS) is 12.2. The van der Waals surface area contributed by atoms with Gasteiger partial charge in [-0.2, -0.15) is 0 Å². The Morgan fingerprint density at radius 2 is 0.843 bits per heavy atom. The molecule has 1 nitrogen and oxygen atoms in total. The van der Waals surface area contributed by atoms with E-state index in [1.54, 1.807) is 0 Å². The summed E-state index contributed by atoms with van der Waals surface area (Å²) in [4.78, 5) is 0. The Morgan fingerprint density at radius 3 is 1.51 bits per heavy atom. The number of fused-ring (bicyclic) bond motifs is 7. The molecule has 9 aromatic carbocycles. The van der Waals surface area contributed by atoms with Gasteiger partial charge in [0.15, 0.2) is 0 Å². The topological polar surface area (TPSA) is 13.1 Å². The number of para-hydroxylation sites is 1. The summed E-state index contributed by atoms with van der Waals surface area (Å²) >= 11 is 0. The van der Waals surface area contributed by atoms with Crippen molar-refractivity contribution in [1.29, 1.82) is 0 Å². The van der Waals surface area contributed by atoms with Gasteiger partial charge in [-0.05, 0) is 83.0 Å². The molecule has 0 N–H and O–H groups in total. The molecule has 0 saturated heterocycles. The van der Waals surface area contributed by atoms with Crippen LogP contribution in [0.15, 0.2) is 168 Å². The maximum absolute atomic E-state index is 6.92. The van der Waals surface area contributed by atoms with E-state index in [4.69, 9.17) is 4.42 Å². The lowest BCUT2D eigenvalue weighted by molar-refractivity contribution is 0.670. The van der Waals surface area contributed by atoms with Gasteiger partial charge in [0.05, 0.1) is 8.07 Å². The molecule has 0 saturated carbocycles. The molecule has 2 heteroatoms. The average Bonchev–Trinajstić information content (AvgIpc) is 3.56. The molecular formula is C49H36OSi. The number of hydrogen-bond acceptors (Lipinski definition) is 1. The van der Waals surface area contributed by atoms with Gasteiger partial charge in [-0.15, -0.1) is 0 Å². The summed E-state index contributed by atoms with van der Waals surface area (Å²) in [6.07, 6.45) is 0. The van der Waals surface area contributed by atoms with Gasteiger partial charge >= 0.3 is 0 Å². The zero-order valence-corrected chi connectivity index (χ0v) is 30.0. The smallest absolute Gasteiger partial charge is 0.143 e. The van der Waals surface area contributed by atoms with Gasteiger partial charge in [0.2, 0.25) is 0 Å². The van der Waals surface area contributed by atoms with Crippen LogP contribution in [0, 0.1) is 0 Å². The second-order valence-corrected chi connectivity index (χ2v) is 19.8. The predicted molar refractivity (Wildman–Crippen MR) is 223 cm³/mol. The molecule has 0 spiro atoms. The van der Waals surface area contributed by atoms with E-state index < -0.39 is 8.07 Å². The minimum absolute atomic E-state index is 0.908. The SMILES string of the molecule is C[Si](C)(C)c1ccc(-c2ccc(-c3c4ccccc4c(-c4cccc5ccccc45)c4ccccc34)c3c2oc2ccccc23)c2ccccc12. The van der Waals surface area contributed by atoms with Gasteiger partial charge in [-0.1, -0.05) is 176 Å². The van der Waals surface area contributed by atoms with Crippen molar-refractivity contribution in [2.45, 2.75) is 19.6 Å². The Hall–Kier alpha value is -5.96. The molecule has 1 heterocycles. The molecule has 0 aliphatic carbocycles. The van der Waals surface area contributed by atoms with Crippen LogP contribution in [0.4, 0.5) is 0 Å². The number of rotatable bonds is 4. The predicted octanol–water partition coefficient (Wildman–Crippen LogP) is 13.7. The van der Waals surface area contributed by atoms with Gasteiger partial charge in [-0.25, -0.2) is 0 Å². The van der Waals surface area contributed by atoms with Crippen LogP contribution < -0.4 is 5.19 Å². The minimum Gasteiger partial charge on any atom is -0.455 e. The van der Waals surface area contributed by atoms with Gasteiger partial charge in [0, 0.05) is 16.3 Å². The summed E-state index contributed by atoms with van der Waals surface area (Å²) in [7, 11) is -1.58. The Labute approximate surface area is 298 Å². The first-order chi connectivity index (χ1) is 25.0. The average molecular weight is 669 g/mol. The van der Waals surface area contributed by atoms with E-state index in [-0.39, 0.29) is 0 Å². The second kappa shape index (κ2) is 11.3. The van der Waals surface area contributed by atoms with Crippen molar-refractivity contribution >= 4 is 78.3 Å². The van der Waals surface area contributed by atoms with Gasteiger partial charge in [0.1, 0.15) is 11.2 Å². The van der Waals surface area contributed by atoms with Crippen LogP contribution in [0.1, 0.15) is 0 Å². The lowest BCUT2D eigenvalue weighted by Gasteiger charge is -2.21. The van der Waals surface area contributed by atoms with Crippen LogP contribution in [0.3, 0.4) is 0 Å². The fraction of sp³-hybridized carbons (Fsp3) is 0.0612. The lowest BCUT2D eigenvalue weighted by Crippen LogP contribution is -2.38.